The van der Waals surface area contributed by atoms with Crippen LogP contribution in [0.15, 0.2) is 43.0 Å². The maximum absolute atomic E-state index is 12.3. The second-order valence-electron chi connectivity index (χ2n) is 6.42. The zero-order valence-corrected chi connectivity index (χ0v) is 14.2. The van der Waals surface area contributed by atoms with Gasteiger partial charge in [-0.1, -0.05) is 30.3 Å². The summed E-state index contributed by atoms with van der Waals surface area (Å²) in [6, 6.07) is 11.2. The Balaban J connectivity index is 1.41. The van der Waals surface area contributed by atoms with Crippen molar-refractivity contribution in [3.8, 4) is 0 Å². The highest BCUT2D eigenvalue weighted by atomic mass is 16.2. The van der Waals surface area contributed by atoms with E-state index in [4.69, 9.17) is 0 Å². The maximum Gasteiger partial charge on any atom is 0.244 e. The lowest BCUT2D eigenvalue weighted by Gasteiger charge is -2.36. The fourth-order valence-corrected chi connectivity index (χ4v) is 3.24. The molecule has 0 atom stereocenters. The topological polar surface area (TPSA) is 54.3 Å². The molecule has 1 aromatic heterocycles. The van der Waals surface area contributed by atoms with Gasteiger partial charge < -0.3 is 9.80 Å². The molecule has 0 spiro atoms. The van der Waals surface area contributed by atoms with Crippen molar-refractivity contribution in [3.05, 3.63) is 48.5 Å². The standard InChI is InChI=1S/C18H25N5O/c1-21(10-7-16-5-3-2-4-6-16)17-8-11-22(12-9-17)18(24)13-23-15-19-14-20-23/h2-6,14-15,17H,7-13H2,1H3. The number of carbonyl (C=O) groups excluding carboxylic acids is 1. The van der Waals surface area contributed by atoms with Crippen molar-refractivity contribution < 1.29 is 4.79 Å². The Labute approximate surface area is 143 Å². The summed E-state index contributed by atoms with van der Waals surface area (Å²) in [6.45, 7) is 3.00. The van der Waals surface area contributed by atoms with Crippen LogP contribution in [0.1, 0.15) is 18.4 Å². The molecule has 0 N–H and O–H groups in total. The van der Waals surface area contributed by atoms with Crippen LogP contribution in [-0.2, 0) is 17.8 Å². The fourth-order valence-electron chi connectivity index (χ4n) is 3.24. The average Bonchev–Trinajstić information content (AvgIpc) is 3.13. The molecular formula is C18H25N5O. The molecule has 1 aromatic carbocycles. The van der Waals surface area contributed by atoms with E-state index in [1.165, 1.54) is 11.9 Å². The highest BCUT2D eigenvalue weighted by Gasteiger charge is 2.25. The Kier molecular flexibility index (Phi) is 5.59. The van der Waals surface area contributed by atoms with Gasteiger partial charge in [0.05, 0.1) is 0 Å². The Morgan fingerprint density at radius 2 is 2.00 bits per heavy atom. The summed E-state index contributed by atoms with van der Waals surface area (Å²) in [5.74, 6) is 0.130. The third-order valence-electron chi connectivity index (χ3n) is 4.80. The van der Waals surface area contributed by atoms with Gasteiger partial charge in [-0.2, -0.15) is 5.10 Å². The van der Waals surface area contributed by atoms with E-state index in [1.807, 2.05) is 4.90 Å². The Morgan fingerprint density at radius 3 is 2.67 bits per heavy atom. The van der Waals surface area contributed by atoms with Crippen LogP contribution in [0, 0.1) is 0 Å². The quantitative estimate of drug-likeness (QED) is 0.806. The van der Waals surface area contributed by atoms with Crippen LogP contribution < -0.4 is 0 Å². The minimum Gasteiger partial charge on any atom is -0.341 e. The van der Waals surface area contributed by atoms with Crippen LogP contribution in [0.3, 0.4) is 0 Å². The number of carbonyl (C=O) groups is 1. The maximum atomic E-state index is 12.3. The van der Waals surface area contributed by atoms with Crippen LogP contribution >= 0.6 is 0 Å². The van der Waals surface area contributed by atoms with E-state index < -0.39 is 0 Å². The number of amides is 1. The molecule has 24 heavy (non-hydrogen) atoms. The van der Waals surface area contributed by atoms with E-state index >= 15 is 0 Å². The van der Waals surface area contributed by atoms with Gasteiger partial charge in [0.1, 0.15) is 19.2 Å². The summed E-state index contributed by atoms with van der Waals surface area (Å²) in [5, 5.41) is 4.00. The minimum atomic E-state index is 0.130. The number of benzene rings is 1. The summed E-state index contributed by atoms with van der Waals surface area (Å²) in [7, 11) is 2.19. The van der Waals surface area contributed by atoms with Crippen molar-refractivity contribution in [1.29, 1.82) is 0 Å². The number of nitrogens with zero attached hydrogens (tertiary/aromatic N) is 5. The second-order valence-corrected chi connectivity index (χ2v) is 6.42. The number of aromatic nitrogens is 3. The van der Waals surface area contributed by atoms with Crippen LogP contribution in [-0.4, -0.2) is 63.2 Å². The highest BCUT2D eigenvalue weighted by molar-refractivity contribution is 5.75. The van der Waals surface area contributed by atoms with Gasteiger partial charge in [-0.15, -0.1) is 0 Å². The van der Waals surface area contributed by atoms with E-state index in [2.05, 4.69) is 52.4 Å². The van der Waals surface area contributed by atoms with Crippen molar-refractivity contribution in [2.45, 2.75) is 31.8 Å². The summed E-state index contributed by atoms with van der Waals surface area (Å²) in [6.07, 6.45) is 6.19. The molecule has 0 aliphatic carbocycles. The number of likely N-dealkylation sites (tertiary alicyclic amines) is 1. The third kappa shape index (κ3) is 4.41. The lowest BCUT2D eigenvalue weighted by molar-refractivity contribution is -0.133. The number of likely N-dealkylation sites (N-methyl/N-ethyl adjacent to an activating group) is 1. The van der Waals surface area contributed by atoms with Gasteiger partial charge in [0, 0.05) is 25.7 Å². The molecule has 0 radical (unpaired) electrons. The summed E-state index contributed by atoms with van der Waals surface area (Å²) >= 11 is 0. The first-order valence-corrected chi connectivity index (χ1v) is 8.57. The lowest BCUT2D eigenvalue weighted by atomic mass is 10.0. The van der Waals surface area contributed by atoms with Gasteiger partial charge >= 0.3 is 0 Å². The molecule has 1 fully saturated rings. The van der Waals surface area contributed by atoms with Crippen molar-refractivity contribution in [2.75, 3.05) is 26.7 Å². The molecule has 1 amide bonds. The van der Waals surface area contributed by atoms with Gasteiger partial charge in [0.25, 0.3) is 0 Å². The molecule has 1 aliphatic heterocycles. The van der Waals surface area contributed by atoms with E-state index in [1.54, 1.807) is 11.0 Å². The van der Waals surface area contributed by atoms with Crippen LogP contribution in [0.25, 0.3) is 0 Å². The number of rotatable bonds is 6. The van der Waals surface area contributed by atoms with Crippen LogP contribution in [0.2, 0.25) is 0 Å². The molecule has 1 saturated heterocycles. The molecule has 3 rings (SSSR count). The average molecular weight is 327 g/mol. The van der Waals surface area contributed by atoms with Crippen LogP contribution in [0.5, 0.6) is 0 Å². The third-order valence-corrected chi connectivity index (χ3v) is 4.80. The van der Waals surface area contributed by atoms with Crippen molar-refractivity contribution in [3.63, 3.8) is 0 Å². The zero-order chi connectivity index (χ0) is 16.8. The molecule has 128 valence electrons. The van der Waals surface area contributed by atoms with Gasteiger partial charge in [0.15, 0.2) is 0 Å². The number of hydrogen-bond acceptors (Lipinski definition) is 4. The molecule has 0 bridgehead atoms. The Morgan fingerprint density at radius 1 is 1.25 bits per heavy atom. The summed E-state index contributed by atoms with van der Waals surface area (Å²) < 4.78 is 1.58. The van der Waals surface area contributed by atoms with Gasteiger partial charge in [0.2, 0.25) is 5.91 Å². The lowest BCUT2D eigenvalue weighted by Crippen LogP contribution is -2.46. The SMILES string of the molecule is CN(CCc1ccccc1)C1CCN(C(=O)Cn2cncn2)CC1. The Bertz CT molecular complexity index is 620. The summed E-state index contributed by atoms with van der Waals surface area (Å²) in [5.41, 5.74) is 1.38. The largest absolute Gasteiger partial charge is 0.341 e. The molecule has 2 heterocycles. The summed E-state index contributed by atoms with van der Waals surface area (Å²) in [4.78, 5) is 20.5. The monoisotopic (exact) mass is 327 g/mol. The molecule has 6 nitrogen and oxygen atoms in total. The van der Waals surface area contributed by atoms with E-state index in [0.29, 0.717) is 6.04 Å². The van der Waals surface area contributed by atoms with E-state index in [-0.39, 0.29) is 12.5 Å². The van der Waals surface area contributed by atoms with Crippen LogP contribution in [0.4, 0.5) is 0 Å². The van der Waals surface area contributed by atoms with Gasteiger partial charge in [-0.25, -0.2) is 9.67 Å². The zero-order valence-electron chi connectivity index (χ0n) is 14.2. The second kappa shape index (κ2) is 8.06. The predicted octanol–water partition coefficient (Wildman–Crippen LogP) is 1.44. The first kappa shape index (κ1) is 16.6. The smallest absolute Gasteiger partial charge is 0.244 e. The van der Waals surface area contributed by atoms with E-state index in [9.17, 15) is 4.79 Å². The number of hydrogen-bond donors (Lipinski definition) is 0. The normalized spacial score (nSPS) is 15.8. The van der Waals surface area contributed by atoms with E-state index in [0.717, 1.165) is 38.9 Å². The first-order chi connectivity index (χ1) is 11.7. The molecule has 2 aromatic rings. The number of piperidine rings is 1. The first-order valence-electron chi connectivity index (χ1n) is 8.57. The van der Waals surface area contributed by atoms with Crippen molar-refractivity contribution in [1.82, 2.24) is 24.6 Å². The van der Waals surface area contributed by atoms with Crippen molar-refractivity contribution in [2.24, 2.45) is 0 Å². The molecule has 0 saturated carbocycles. The molecule has 6 heteroatoms. The van der Waals surface area contributed by atoms with Crippen molar-refractivity contribution >= 4 is 5.91 Å². The molecular weight excluding hydrogens is 302 g/mol. The fraction of sp³-hybridized carbons (Fsp3) is 0.500. The Hall–Kier alpha value is -2.21. The highest BCUT2D eigenvalue weighted by Crippen LogP contribution is 2.16. The van der Waals surface area contributed by atoms with Gasteiger partial charge in [-0.05, 0) is 31.9 Å². The van der Waals surface area contributed by atoms with Gasteiger partial charge in [-0.3, -0.25) is 4.79 Å². The molecule has 1 aliphatic rings. The molecule has 0 unspecified atom stereocenters. The predicted molar refractivity (Wildman–Crippen MR) is 92.4 cm³/mol. The minimum absolute atomic E-state index is 0.130.